The quantitative estimate of drug-likeness (QED) is 0.139. The molecule has 42 heavy (non-hydrogen) atoms. The Kier molecular flexibility index (Phi) is 9.46. The predicted molar refractivity (Wildman–Crippen MR) is 154 cm³/mol. The van der Waals surface area contributed by atoms with Crippen molar-refractivity contribution in [1.29, 1.82) is 0 Å². The first kappa shape index (κ1) is 32.1. The number of rotatable bonds is 9. The van der Waals surface area contributed by atoms with Gasteiger partial charge >= 0.3 is 6.18 Å². The molecular formula is C28H20Cl3F5N2O3S. The van der Waals surface area contributed by atoms with Crippen LogP contribution in [-0.4, -0.2) is 33.9 Å². The number of hydrogen-bond donors (Lipinski definition) is 2. The van der Waals surface area contributed by atoms with Gasteiger partial charge in [-0.15, -0.1) is 23.2 Å². The minimum atomic E-state index is -4.96. The zero-order chi connectivity index (χ0) is 31.0. The predicted octanol–water partition coefficient (Wildman–Crippen LogP) is 7.89. The van der Waals surface area contributed by atoms with Crippen molar-refractivity contribution in [3.8, 4) is 0 Å². The van der Waals surface area contributed by atoms with Crippen LogP contribution in [0.2, 0.25) is 5.02 Å². The van der Waals surface area contributed by atoms with Crippen LogP contribution in [0.5, 0.6) is 0 Å². The molecule has 222 valence electrons. The molecule has 5 nitrogen and oxygen atoms in total. The molecule has 3 aromatic carbocycles. The van der Waals surface area contributed by atoms with Crippen LogP contribution in [0.25, 0.3) is 0 Å². The Morgan fingerprint density at radius 2 is 1.60 bits per heavy atom. The third kappa shape index (κ3) is 7.02. The second-order valence-corrected chi connectivity index (χ2v) is 12.2. The molecule has 0 aliphatic heterocycles. The van der Waals surface area contributed by atoms with E-state index in [1.54, 1.807) is 6.26 Å². The van der Waals surface area contributed by atoms with E-state index >= 15 is 0 Å². The van der Waals surface area contributed by atoms with Gasteiger partial charge in [0, 0.05) is 29.3 Å². The number of carbonyl (C=O) groups is 3. The van der Waals surface area contributed by atoms with E-state index in [9.17, 15) is 36.3 Å². The lowest BCUT2D eigenvalue weighted by molar-refractivity contribution is -0.140. The molecule has 0 heterocycles. The van der Waals surface area contributed by atoms with Crippen LogP contribution >= 0.6 is 46.6 Å². The summed E-state index contributed by atoms with van der Waals surface area (Å²) in [6, 6.07) is 10.1. The number of amides is 2. The number of Topliss-reactive ketones (excluding diaryl/α,β-unsaturated/α-hetero) is 1. The lowest BCUT2D eigenvalue weighted by Crippen LogP contribution is -2.17. The monoisotopic (exact) mass is 664 g/mol. The van der Waals surface area contributed by atoms with Gasteiger partial charge in [-0.2, -0.15) is 24.9 Å². The van der Waals surface area contributed by atoms with E-state index < -0.39 is 51.2 Å². The van der Waals surface area contributed by atoms with Crippen LogP contribution in [0, 0.1) is 17.6 Å². The van der Waals surface area contributed by atoms with E-state index in [4.69, 9.17) is 34.8 Å². The van der Waals surface area contributed by atoms with Gasteiger partial charge in [-0.05, 0) is 59.8 Å². The summed E-state index contributed by atoms with van der Waals surface area (Å²) in [6.45, 7) is 0. The highest BCUT2D eigenvalue weighted by Crippen LogP contribution is 2.65. The molecule has 2 N–H and O–H groups in total. The first-order valence-corrected chi connectivity index (χ1v) is 14.6. The molecule has 2 atom stereocenters. The summed E-state index contributed by atoms with van der Waals surface area (Å²) in [5.74, 6) is -5.90. The number of ketones is 1. The number of nitrogens with one attached hydrogen (secondary N) is 2. The van der Waals surface area contributed by atoms with E-state index in [-0.39, 0.29) is 51.2 Å². The van der Waals surface area contributed by atoms with Gasteiger partial charge in [-0.3, -0.25) is 14.4 Å². The van der Waals surface area contributed by atoms with Gasteiger partial charge in [0.1, 0.15) is 16.0 Å². The Morgan fingerprint density at radius 1 is 0.929 bits per heavy atom. The van der Waals surface area contributed by atoms with E-state index in [0.29, 0.717) is 12.1 Å². The van der Waals surface area contributed by atoms with Gasteiger partial charge in [-0.25, -0.2) is 8.78 Å². The Morgan fingerprint density at radius 3 is 2.24 bits per heavy atom. The minimum Gasteiger partial charge on any atom is -0.326 e. The SMILES string of the molecule is CSCC(=O)Nc1ccc(CC(=O)c2cc(NC(=O)[C@H]3[C@H](c4ccc(F)c(C(F)(F)F)c4)C3(Cl)Cl)ccc2Cl)c(F)c1. The van der Waals surface area contributed by atoms with E-state index in [1.165, 1.54) is 42.1 Å². The van der Waals surface area contributed by atoms with E-state index in [1.807, 2.05) is 0 Å². The fourth-order valence-corrected chi connectivity index (χ4v) is 5.81. The average molecular weight is 666 g/mol. The summed E-state index contributed by atoms with van der Waals surface area (Å²) < 4.78 is 66.1. The van der Waals surface area contributed by atoms with Crippen molar-refractivity contribution < 1.29 is 36.3 Å². The van der Waals surface area contributed by atoms with Crippen molar-refractivity contribution in [3.05, 3.63) is 93.5 Å². The lowest BCUT2D eigenvalue weighted by atomic mass is 10.0. The third-order valence-corrected chi connectivity index (χ3v) is 8.31. The summed E-state index contributed by atoms with van der Waals surface area (Å²) in [6.07, 6.45) is -3.60. The zero-order valence-electron chi connectivity index (χ0n) is 21.4. The highest BCUT2D eigenvalue weighted by atomic mass is 35.5. The highest BCUT2D eigenvalue weighted by Gasteiger charge is 2.67. The summed E-state index contributed by atoms with van der Waals surface area (Å²) in [4.78, 5) is 37.7. The normalized spacial score (nSPS) is 17.5. The van der Waals surface area contributed by atoms with Gasteiger partial charge in [0.2, 0.25) is 11.8 Å². The third-order valence-electron chi connectivity index (χ3n) is 6.49. The van der Waals surface area contributed by atoms with E-state index in [2.05, 4.69) is 10.6 Å². The van der Waals surface area contributed by atoms with Gasteiger partial charge in [0.25, 0.3) is 0 Å². The largest absolute Gasteiger partial charge is 0.419 e. The number of anilines is 2. The molecule has 0 aromatic heterocycles. The molecule has 1 aliphatic rings. The summed E-state index contributed by atoms with van der Waals surface area (Å²) >= 11 is 20.0. The summed E-state index contributed by atoms with van der Waals surface area (Å²) in [5.41, 5.74) is -1.24. The standard InChI is InChI=1S/C28H20Cl3F5N2O3S/c1-42-12-23(40)37-16-4-2-13(21(33)11-16)9-22(39)17-10-15(5-6-19(17)29)38-26(41)25-24(27(25,30)31)14-3-7-20(32)18(8-14)28(34,35)36/h2-8,10-11,24-25H,9,12H2,1H3,(H,37,40)(H,38,41)/t24-,25+/m0/s1. The second-order valence-electron chi connectivity index (χ2n) is 9.44. The first-order valence-electron chi connectivity index (χ1n) is 12.1. The Balaban J connectivity index is 1.48. The first-order chi connectivity index (χ1) is 19.6. The number of benzene rings is 3. The molecule has 0 bridgehead atoms. The fraction of sp³-hybridized carbons (Fsp3) is 0.250. The van der Waals surface area contributed by atoms with Crippen molar-refractivity contribution in [2.24, 2.45) is 5.92 Å². The average Bonchev–Trinajstić information content (AvgIpc) is 3.48. The molecule has 14 heteroatoms. The van der Waals surface area contributed by atoms with Crippen molar-refractivity contribution in [1.82, 2.24) is 0 Å². The van der Waals surface area contributed by atoms with Crippen LogP contribution in [-0.2, 0) is 22.2 Å². The number of alkyl halides is 5. The lowest BCUT2D eigenvalue weighted by Gasteiger charge is -2.11. The van der Waals surface area contributed by atoms with Gasteiger partial charge in [0.05, 0.1) is 22.3 Å². The Labute approximate surface area is 256 Å². The molecule has 0 radical (unpaired) electrons. The van der Waals surface area contributed by atoms with Crippen LogP contribution in [0.4, 0.5) is 33.3 Å². The maximum Gasteiger partial charge on any atom is 0.419 e. The Hall–Kier alpha value is -2.86. The van der Waals surface area contributed by atoms with Crippen molar-refractivity contribution in [2.45, 2.75) is 22.8 Å². The number of carbonyl (C=O) groups excluding carboxylic acids is 3. The molecular weight excluding hydrogens is 646 g/mol. The summed E-state index contributed by atoms with van der Waals surface area (Å²) in [7, 11) is 0. The van der Waals surface area contributed by atoms with E-state index in [0.717, 1.165) is 12.1 Å². The Bertz CT molecular complexity index is 1570. The van der Waals surface area contributed by atoms with Crippen LogP contribution in [0.15, 0.2) is 54.6 Å². The van der Waals surface area contributed by atoms with Crippen molar-refractivity contribution in [3.63, 3.8) is 0 Å². The molecule has 4 rings (SSSR count). The van der Waals surface area contributed by atoms with Crippen LogP contribution < -0.4 is 10.6 Å². The highest BCUT2D eigenvalue weighted by molar-refractivity contribution is 7.99. The smallest absolute Gasteiger partial charge is 0.326 e. The molecule has 0 unspecified atom stereocenters. The van der Waals surface area contributed by atoms with Crippen LogP contribution in [0.1, 0.15) is 33.0 Å². The van der Waals surface area contributed by atoms with Crippen LogP contribution in [0.3, 0.4) is 0 Å². The molecule has 1 fully saturated rings. The number of hydrogen-bond acceptors (Lipinski definition) is 4. The maximum absolute atomic E-state index is 14.7. The molecule has 0 saturated heterocycles. The van der Waals surface area contributed by atoms with Gasteiger partial charge < -0.3 is 10.6 Å². The van der Waals surface area contributed by atoms with Crippen molar-refractivity contribution in [2.75, 3.05) is 22.6 Å². The summed E-state index contributed by atoms with van der Waals surface area (Å²) in [5, 5.41) is 5.09. The maximum atomic E-state index is 14.7. The molecule has 3 aromatic rings. The zero-order valence-corrected chi connectivity index (χ0v) is 24.5. The minimum absolute atomic E-state index is 0.0266. The molecule has 1 saturated carbocycles. The van der Waals surface area contributed by atoms with Gasteiger partial charge in [-0.1, -0.05) is 23.7 Å². The number of thioether (sulfide) groups is 1. The molecule has 0 spiro atoms. The number of halogens is 8. The molecule has 2 amide bonds. The molecule has 1 aliphatic carbocycles. The topological polar surface area (TPSA) is 75.3 Å². The second kappa shape index (κ2) is 12.4. The van der Waals surface area contributed by atoms with Crippen molar-refractivity contribution >= 4 is 75.5 Å². The van der Waals surface area contributed by atoms with Gasteiger partial charge in [0.15, 0.2) is 5.78 Å². The fourth-order valence-electron chi connectivity index (χ4n) is 4.42.